The van der Waals surface area contributed by atoms with Crippen LogP contribution in [0, 0.1) is 6.92 Å². The molecule has 0 amide bonds. The number of nitrogens with zero attached hydrogens (tertiary/aromatic N) is 1. The summed E-state index contributed by atoms with van der Waals surface area (Å²) in [5.74, 6) is 0.0934. The second kappa shape index (κ2) is 7.26. The Morgan fingerprint density at radius 2 is 2.30 bits per heavy atom. The van der Waals surface area contributed by atoms with Gasteiger partial charge in [-0.1, -0.05) is 18.2 Å². The van der Waals surface area contributed by atoms with Gasteiger partial charge in [0, 0.05) is 19.6 Å². The summed E-state index contributed by atoms with van der Waals surface area (Å²) in [6.07, 6.45) is -0.144. The third-order valence-corrected chi connectivity index (χ3v) is 3.38. The fraction of sp³-hybridized carbons (Fsp3) is 0.533. The SMILES string of the molecule is Cc1ccccc1OCCN1CCOC(CC(=O)O)C1. The Morgan fingerprint density at radius 3 is 3.05 bits per heavy atom. The van der Waals surface area contributed by atoms with Crippen LogP contribution in [-0.2, 0) is 9.53 Å². The van der Waals surface area contributed by atoms with Crippen molar-refractivity contribution in [2.45, 2.75) is 19.4 Å². The summed E-state index contributed by atoms with van der Waals surface area (Å²) in [5, 5.41) is 8.78. The number of carboxylic acid groups (broad SMARTS) is 1. The van der Waals surface area contributed by atoms with Gasteiger partial charge in [-0.2, -0.15) is 0 Å². The Morgan fingerprint density at radius 1 is 1.50 bits per heavy atom. The third-order valence-electron chi connectivity index (χ3n) is 3.38. The molecular weight excluding hydrogens is 258 g/mol. The highest BCUT2D eigenvalue weighted by Crippen LogP contribution is 2.16. The topological polar surface area (TPSA) is 59.0 Å². The molecule has 1 N–H and O–H groups in total. The van der Waals surface area contributed by atoms with Gasteiger partial charge in [0.15, 0.2) is 0 Å². The Hall–Kier alpha value is -1.59. The molecule has 1 aliphatic rings. The van der Waals surface area contributed by atoms with E-state index in [-0.39, 0.29) is 12.5 Å². The molecular formula is C15H21NO4. The van der Waals surface area contributed by atoms with Gasteiger partial charge >= 0.3 is 5.97 Å². The molecule has 110 valence electrons. The molecule has 1 heterocycles. The number of carbonyl (C=O) groups is 1. The van der Waals surface area contributed by atoms with Gasteiger partial charge in [0.2, 0.25) is 0 Å². The van der Waals surface area contributed by atoms with E-state index in [2.05, 4.69) is 4.90 Å². The predicted molar refractivity (Wildman–Crippen MR) is 75.1 cm³/mol. The van der Waals surface area contributed by atoms with Crippen LogP contribution in [0.4, 0.5) is 0 Å². The first-order valence-corrected chi connectivity index (χ1v) is 6.89. The fourth-order valence-electron chi connectivity index (χ4n) is 2.30. The highest BCUT2D eigenvalue weighted by molar-refractivity contribution is 5.67. The molecule has 1 unspecified atom stereocenters. The Balaban J connectivity index is 1.74. The van der Waals surface area contributed by atoms with Gasteiger partial charge in [-0.3, -0.25) is 9.69 Å². The van der Waals surface area contributed by atoms with Gasteiger partial charge < -0.3 is 14.6 Å². The number of rotatable bonds is 6. The maximum atomic E-state index is 10.7. The van der Waals surface area contributed by atoms with Crippen molar-refractivity contribution in [1.82, 2.24) is 4.90 Å². The van der Waals surface area contributed by atoms with Crippen molar-refractivity contribution in [3.8, 4) is 5.75 Å². The van der Waals surface area contributed by atoms with Gasteiger partial charge in [-0.05, 0) is 18.6 Å². The zero-order valence-corrected chi connectivity index (χ0v) is 11.7. The summed E-state index contributed by atoms with van der Waals surface area (Å²) in [4.78, 5) is 12.9. The van der Waals surface area contributed by atoms with Crippen LogP contribution in [0.3, 0.4) is 0 Å². The number of para-hydroxylation sites is 1. The summed E-state index contributed by atoms with van der Waals surface area (Å²) >= 11 is 0. The van der Waals surface area contributed by atoms with Crippen LogP contribution < -0.4 is 4.74 Å². The van der Waals surface area contributed by atoms with Crippen molar-refractivity contribution in [2.75, 3.05) is 32.8 Å². The van der Waals surface area contributed by atoms with Crippen LogP contribution in [0.25, 0.3) is 0 Å². The predicted octanol–water partition coefficient (Wildman–Crippen LogP) is 1.55. The smallest absolute Gasteiger partial charge is 0.306 e. The van der Waals surface area contributed by atoms with E-state index >= 15 is 0 Å². The van der Waals surface area contributed by atoms with Crippen LogP contribution >= 0.6 is 0 Å². The summed E-state index contributed by atoms with van der Waals surface area (Å²) in [5.41, 5.74) is 1.12. The molecule has 0 aromatic heterocycles. The number of aliphatic carboxylic acids is 1. The van der Waals surface area contributed by atoms with Crippen molar-refractivity contribution >= 4 is 5.97 Å². The van der Waals surface area contributed by atoms with Gasteiger partial charge in [0.25, 0.3) is 0 Å². The Kier molecular flexibility index (Phi) is 5.38. The van der Waals surface area contributed by atoms with Crippen LogP contribution in [0.1, 0.15) is 12.0 Å². The molecule has 5 nitrogen and oxygen atoms in total. The van der Waals surface area contributed by atoms with Gasteiger partial charge in [-0.15, -0.1) is 0 Å². The van der Waals surface area contributed by atoms with Crippen LogP contribution in [0.2, 0.25) is 0 Å². The normalized spacial score (nSPS) is 19.8. The Labute approximate surface area is 119 Å². The average Bonchev–Trinajstić information content (AvgIpc) is 2.41. The zero-order valence-electron chi connectivity index (χ0n) is 11.7. The van der Waals surface area contributed by atoms with E-state index in [0.717, 1.165) is 24.4 Å². The number of hydrogen-bond acceptors (Lipinski definition) is 4. The average molecular weight is 279 g/mol. The highest BCUT2D eigenvalue weighted by atomic mass is 16.5. The molecule has 1 saturated heterocycles. The first kappa shape index (κ1) is 14.8. The van der Waals surface area contributed by atoms with Gasteiger partial charge in [0.05, 0.1) is 19.1 Å². The molecule has 1 aromatic carbocycles. The van der Waals surface area contributed by atoms with Crippen LogP contribution in [0.15, 0.2) is 24.3 Å². The lowest BCUT2D eigenvalue weighted by Crippen LogP contribution is -2.44. The lowest BCUT2D eigenvalue weighted by Gasteiger charge is -2.32. The molecule has 0 bridgehead atoms. The number of hydrogen-bond donors (Lipinski definition) is 1. The van der Waals surface area contributed by atoms with Crippen LogP contribution in [0.5, 0.6) is 5.75 Å². The largest absolute Gasteiger partial charge is 0.492 e. The number of morpholine rings is 1. The van der Waals surface area contributed by atoms with Crippen molar-refractivity contribution in [2.24, 2.45) is 0 Å². The fourth-order valence-corrected chi connectivity index (χ4v) is 2.30. The second-order valence-electron chi connectivity index (χ2n) is 5.01. The summed E-state index contributed by atoms with van der Waals surface area (Å²) in [6.45, 7) is 5.48. The molecule has 20 heavy (non-hydrogen) atoms. The van der Waals surface area contributed by atoms with Crippen molar-refractivity contribution < 1.29 is 19.4 Å². The van der Waals surface area contributed by atoms with Crippen molar-refractivity contribution in [3.05, 3.63) is 29.8 Å². The molecule has 5 heteroatoms. The quantitative estimate of drug-likeness (QED) is 0.856. The minimum absolute atomic E-state index is 0.0646. The van der Waals surface area contributed by atoms with E-state index in [1.54, 1.807) is 0 Å². The minimum Gasteiger partial charge on any atom is -0.492 e. The summed E-state index contributed by atoms with van der Waals surface area (Å²) < 4.78 is 11.2. The molecule has 0 spiro atoms. The standard InChI is InChI=1S/C15H21NO4/c1-12-4-2-3-5-14(12)20-9-7-16-6-8-19-13(11-16)10-15(17)18/h2-5,13H,6-11H2,1H3,(H,17,18). The van der Waals surface area contributed by atoms with Crippen molar-refractivity contribution in [3.63, 3.8) is 0 Å². The van der Waals surface area contributed by atoms with Crippen LogP contribution in [-0.4, -0.2) is 54.9 Å². The molecule has 1 fully saturated rings. The Bertz CT molecular complexity index is 449. The minimum atomic E-state index is -0.812. The lowest BCUT2D eigenvalue weighted by molar-refractivity contribution is -0.142. The third kappa shape index (κ3) is 4.51. The molecule has 1 aliphatic heterocycles. The maximum Gasteiger partial charge on any atom is 0.306 e. The number of ether oxygens (including phenoxy) is 2. The molecule has 0 radical (unpaired) electrons. The molecule has 1 atom stereocenters. The van der Waals surface area contributed by atoms with E-state index in [9.17, 15) is 4.79 Å². The number of carboxylic acids is 1. The number of benzene rings is 1. The second-order valence-corrected chi connectivity index (χ2v) is 5.01. The first-order chi connectivity index (χ1) is 9.65. The summed E-state index contributed by atoms with van der Waals surface area (Å²) in [6, 6.07) is 7.93. The van der Waals surface area contributed by atoms with E-state index in [4.69, 9.17) is 14.6 Å². The van der Waals surface area contributed by atoms with E-state index in [1.807, 2.05) is 31.2 Å². The molecule has 2 rings (SSSR count). The maximum absolute atomic E-state index is 10.7. The first-order valence-electron chi connectivity index (χ1n) is 6.89. The monoisotopic (exact) mass is 279 g/mol. The zero-order chi connectivity index (χ0) is 14.4. The van der Waals surface area contributed by atoms with Gasteiger partial charge in [0.1, 0.15) is 12.4 Å². The van der Waals surface area contributed by atoms with E-state index < -0.39 is 5.97 Å². The summed E-state index contributed by atoms with van der Waals surface area (Å²) in [7, 11) is 0. The van der Waals surface area contributed by atoms with Gasteiger partial charge in [-0.25, -0.2) is 0 Å². The van der Waals surface area contributed by atoms with E-state index in [1.165, 1.54) is 0 Å². The molecule has 0 saturated carbocycles. The molecule has 0 aliphatic carbocycles. The number of aryl methyl sites for hydroxylation is 1. The van der Waals surface area contributed by atoms with E-state index in [0.29, 0.717) is 19.8 Å². The lowest BCUT2D eigenvalue weighted by atomic mass is 10.2. The highest BCUT2D eigenvalue weighted by Gasteiger charge is 2.22. The molecule has 1 aromatic rings. The van der Waals surface area contributed by atoms with Crippen molar-refractivity contribution in [1.29, 1.82) is 0 Å².